The van der Waals surface area contributed by atoms with Crippen LogP contribution in [0, 0.1) is 5.92 Å². The summed E-state index contributed by atoms with van der Waals surface area (Å²) in [6.45, 7) is 3.87. The molecule has 0 aliphatic carbocycles. The molecule has 0 N–H and O–H groups in total. The van der Waals surface area contributed by atoms with Crippen LogP contribution in [0.15, 0.2) is 24.3 Å². The molecule has 5 heteroatoms. The monoisotopic (exact) mass is 297 g/mol. The first-order valence-corrected chi connectivity index (χ1v) is 6.92. The molecule has 0 radical (unpaired) electrons. The van der Waals surface area contributed by atoms with Gasteiger partial charge in [-0.3, -0.25) is 4.79 Å². The molecule has 0 atom stereocenters. The largest absolute Gasteiger partial charge is 1.00 e. The molecule has 4 nitrogen and oxygen atoms in total. The fraction of sp³-hybridized carbons (Fsp3) is 0.438. The van der Waals surface area contributed by atoms with E-state index in [-0.39, 0.29) is 41.2 Å². The number of carbonyl (C=O) groups excluding carboxylic acids is 1. The normalized spacial score (nSPS) is 15.8. The van der Waals surface area contributed by atoms with Gasteiger partial charge in [-0.1, -0.05) is 24.8 Å². The predicted octanol–water partition coefficient (Wildman–Crippen LogP) is -0.955. The summed E-state index contributed by atoms with van der Waals surface area (Å²) in [6, 6.07) is 4.78. The van der Waals surface area contributed by atoms with E-state index in [0.717, 1.165) is 31.5 Å². The topological polar surface area (TPSA) is 52.6 Å². The van der Waals surface area contributed by atoms with E-state index in [1.807, 2.05) is 4.90 Å². The second-order valence-electron chi connectivity index (χ2n) is 5.25. The van der Waals surface area contributed by atoms with Crippen LogP contribution in [-0.2, 0) is 4.79 Å². The Morgan fingerprint density at radius 1 is 1.38 bits per heavy atom. The third-order valence-electron chi connectivity index (χ3n) is 3.70. The van der Waals surface area contributed by atoms with E-state index in [1.54, 1.807) is 24.3 Å². The number of ether oxygens (including phenoxy) is 1. The van der Waals surface area contributed by atoms with Crippen LogP contribution in [0.1, 0.15) is 25.3 Å². The predicted molar refractivity (Wildman–Crippen MR) is 76.5 cm³/mol. The third-order valence-corrected chi connectivity index (χ3v) is 3.70. The summed E-state index contributed by atoms with van der Waals surface area (Å²) in [5, 5.41) is 11.4. The summed E-state index contributed by atoms with van der Waals surface area (Å²) in [5.74, 6) is 0.881. The number of methoxy groups -OCH3 is 1. The van der Waals surface area contributed by atoms with Gasteiger partial charge in [-0.2, -0.15) is 0 Å². The number of piperidine rings is 1. The van der Waals surface area contributed by atoms with Crippen LogP contribution in [0.2, 0.25) is 0 Å². The molecule has 1 aromatic rings. The van der Waals surface area contributed by atoms with E-state index in [9.17, 15) is 9.90 Å². The number of rotatable bonds is 3. The van der Waals surface area contributed by atoms with Crippen molar-refractivity contribution in [1.29, 1.82) is 0 Å². The summed E-state index contributed by atoms with van der Waals surface area (Å²) in [6.07, 6.45) is 5.42. The van der Waals surface area contributed by atoms with Gasteiger partial charge in [0.15, 0.2) is 0 Å². The van der Waals surface area contributed by atoms with Crippen LogP contribution in [0.4, 0.5) is 0 Å². The number of nitrogens with zero attached hydrogens (tertiary/aromatic N) is 1. The molecule has 1 heterocycles. The van der Waals surface area contributed by atoms with Crippen molar-refractivity contribution < 1.29 is 44.2 Å². The van der Waals surface area contributed by atoms with Crippen molar-refractivity contribution >= 4 is 12.0 Å². The van der Waals surface area contributed by atoms with Crippen molar-refractivity contribution in [3.8, 4) is 11.5 Å². The van der Waals surface area contributed by atoms with Crippen LogP contribution in [-0.4, -0.2) is 31.0 Å². The Hall–Kier alpha value is -0.970. The third kappa shape index (κ3) is 5.06. The molecule has 2 rings (SSSR count). The molecule has 1 fully saturated rings. The van der Waals surface area contributed by atoms with Gasteiger partial charge in [0.2, 0.25) is 5.91 Å². The van der Waals surface area contributed by atoms with Gasteiger partial charge in [-0.05, 0) is 36.5 Å². The maximum absolute atomic E-state index is 12.0. The van der Waals surface area contributed by atoms with Crippen LogP contribution in [0.5, 0.6) is 11.5 Å². The Balaban J connectivity index is 0.00000220. The van der Waals surface area contributed by atoms with Gasteiger partial charge in [0, 0.05) is 19.2 Å². The summed E-state index contributed by atoms with van der Waals surface area (Å²) in [5.41, 5.74) is 0.792. The Labute approximate surface area is 148 Å². The Morgan fingerprint density at radius 3 is 2.67 bits per heavy atom. The standard InChI is InChI=1S/C16H21NO3.Na/c1-12-7-9-17(10-8-12)16(19)6-4-13-3-5-14(18)15(11-13)20-2;/h3-6,11-12,18H,7-10H2,1-2H3;/q;+1/p-1. The second kappa shape index (κ2) is 8.47. The van der Waals surface area contributed by atoms with Crippen molar-refractivity contribution in [2.24, 2.45) is 5.92 Å². The zero-order valence-corrected chi connectivity index (χ0v) is 15.0. The first-order chi connectivity index (χ1) is 9.60. The van der Waals surface area contributed by atoms with E-state index < -0.39 is 0 Å². The maximum Gasteiger partial charge on any atom is 1.00 e. The quantitative estimate of drug-likeness (QED) is 0.534. The first kappa shape index (κ1) is 18.1. The van der Waals surface area contributed by atoms with Crippen molar-refractivity contribution in [2.45, 2.75) is 19.8 Å². The number of hydrogen-bond acceptors (Lipinski definition) is 3. The zero-order valence-electron chi connectivity index (χ0n) is 13.0. The Morgan fingerprint density at radius 2 is 2.05 bits per heavy atom. The molecular weight excluding hydrogens is 277 g/mol. The molecular formula is C16H20NNaO3. The van der Waals surface area contributed by atoms with E-state index in [0.29, 0.717) is 11.7 Å². The summed E-state index contributed by atoms with van der Waals surface area (Å²) in [4.78, 5) is 13.9. The van der Waals surface area contributed by atoms with Gasteiger partial charge < -0.3 is 14.7 Å². The van der Waals surface area contributed by atoms with Crippen molar-refractivity contribution in [1.82, 2.24) is 4.90 Å². The number of benzene rings is 1. The minimum atomic E-state index is -0.152. The van der Waals surface area contributed by atoms with Gasteiger partial charge in [0.05, 0.1) is 7.11 Å². The summed E-state index contributed by atoms with van der Waals surface area (Å²) >= 11 is 0. The van der Waals surface area contributed by atoms with Gasteiger partial charge in [0.25, 0.3) is 0 Å². The zero-order chi connectivity index (χ0) is 14.5. The molecule has 0 aromatic heterocycles. The summed E-state index contributed by atoms with van der Waals surface area (Å²) in [7, 11) is 1.46. The van der Waals surface area contributed by atoms with Crippen molar-refractivity contribution in [2.75, 3.05) is 20.2 Å². The molecule has 0 saturated carbocycles. The summed E-state index contributed by atoms with van der Waals surface area (Å²) < 4.78 is 4.98. The SMILES string of the molecule is COc1cc(C=CC(=O)N2CCC(C)CC2)ccc1[O-].[Na+]. The molecule has 108 valence electrons. The molecule has 0 spiro atoms. The van der Waals surface area contributed by atoms with Crippen molar-refractivity contribution in [3.63, 3.8) is 0 Å². The average molecular weight is 297 g/mol. The van der Waals surface area contributed by atoms with Crippen LogP contribution in [0.3, 0.4) is 0 Å². The Kier molecular flexibility index (Phi) is 7.29. The van der Waals surface area contributed by atoms with Crippen LogP contribution < -0.4 is 39.4 Å². The molecule has 1 amide bonds. The molecule has 1 aliphatic rings. The van der Waals surface area contributed by atoms with E-state index in [4.69, 9.17) is 4.74 Å². The number of likely N-dealkylation sites (tertiary alicyclic amines) is 1. The fourth-order valence-corrected chi connectivity index (χ4v) is 2.29. The minimum absolute atomic E-state index is 0. The molecule has 1 aliphatic heterocycles. The van der Waals surface area contributed by atoms with Gasteiger partial charge in [0.1, 0.15) is 5.75 Å². The van der Waals surface area contributed by atoms with E-state index in [1.165, 1.54) is 13.2 Å². The van der Waals surface area contributed by atoms with Crippen molar-refractivity contribution in [3.05, 3.63) is 29.8 Å². The van der Waals surface area contributed by atoms with Crippen LogP contribution in [0.25, 0.3) is 6.08 Å². The smallest absolute Gasteiger partial charge is 0.870 e. The maximum atomic E-state index is 12.0. The molecule has 1 saturated heterocycles. The van der Waals surface area contributed by atoms with E-state index >= 15 is 0 Å². The van der Waals surface area contributed by atoms with Gasteiger partial charge >= 0.3 is 29.6 Å². The van der Waals surface area contributed by atoms with Gasteiger partial charge in [-0.25, -0.2) is 0 Å². The van der Waals surface area contributed by atoms with Gasteiger partial charge in [-0.15, -0.1) is 0 Å². The van der Waals surface area contributed by atoms with E-state index in [2.05, 4.69) is 6.92 Å². The number of hydrogen-bond donors (Lipinski definition) is 0. The fourth-order valence-electron chi connectivity index (χ4n) is 2.29. The first-order valence-electron chi connectivity index (χ1n) is 6.92. The minimum Gasteiger partial charge on any atom is -0.870 e. The number of amides is 1. The Bertz CT molecular complexity index is 508. The molecule has 21 heavy (non-hydrogen) atoms. The second-order valence-corrected chi connectivity index (χ2v) is 5.25. The molecule has 0 unspecified atom stereocenters. The molecule has 1 aromatic carbocycles. The van der Waals surface area contributed by atoms with Crippen LogP contribution >= 0.6 is 0 Å². The number of carbonyl (C=O) groups is 1. The molecule has 0 bridgehead atoms. The average Bonchev–Trinajstić information content (AvgIpc) is 2.46.